The number of rotatable bonds is 6. The molecule has 2 atom stereocenters. The van der Waals surface area contributed by atoms with Crippen LogP contribution in [0.1, 0.15) is 33.6 Å². The van der Waals surface area contributed by atoms with Crippen molar-refractivity contribution in [1.82, 2.24) is 10.2 Å². The number of piperazine rings is 1. The summed E-state index contributed by atoms with van der Waals surface area (Å²) in [6.07, 6.45) is -3.68. The Hall–Kier alpha value is -1.31. The number of hydrogen-bond acceptors (Lipinski definition) is 3. The van der Waals surface area contributed by atoms with Gasteiger partial charge < -0.3 is 10.2 Å². The number of hydrogen-bond donors (Lipinski definition) is 1. The van der Waals surface area contributed by atoms with Crippen LogP contribution in [0.5, 0.6) is 0 Å². The molecule has 1 N–H and O–H groups in total. The SMILES string of the molecule is CCCC1C(=O)NC(C(C)C)C(=O)N1CCOC(F)(F)F. The molecule has 1 aliphatic rings. The summed E-state index contributed by atoms with van der Waals surface area (Å²) in [4.78, 5) is 25.6. The molecule has 0 aromatic carbocycles. The highest BCUT2D eigenvalue weighted by molar-refractivity contribution is 5.97. The Kier molecular flexibility index (Phi) is 6.00. The Morgan fingerprint density at radius 1 is 1.33 bits per heavy atom. The average molecular weight is 310 g/mol. The first-order chi connectivity index (χ1) is 9.67. The standard InChI is InChI=1S/C13H21F3N2O3/c1-4-5-9-11(19)17-10(8(2)3)12(20)18(9)6-7-21-13(14,15)16/h8-10H,4-7H2,1-3H3,(H,17,19). The molecule has 0 radical (unpaired) electrons. The minimum Gasteiger partial charge on any atom is -0.342 e. The van der Waals surface area contributed by atoms with E-state index in [-0.39, 0.29) is 24.3 Å². The molecule has 1 fully saturated rings. The van der Waals surface area contributed by atoms with Gasteiger partial charge in [-0.2, -0.15) is 0 Å². The molecular weight excluding hydrogens is 289 g/mol. The first kappa shape index (κ1) is 17.7. The first-order valence-electron chi connectivity index (χ1n) is 6.99. The van der Waals surface area contributed by atoms with Gasteiger partial charge in [0.15, 0.2) is 0 Å². The maximum atomic E-state index is 12.3. The van der Waals surface area contributed by atoms with Gasteiger partial charge in [-0.15, -0.1) is 13.2 Å². The molecule has 1 saturated heterocycles. The van der Waals surface area contributed by atoms with Gasteiger partial charge in [-0.1, -0.05) is 27.2 Å². The molecule has 122 valence electrons. The van der Waals surface area contributed by atoms with E-state index in [1.165, 1.54) is 4.90 Å². The summed E-state index contributed by atoms with van der Waals surface area (Å²) >= 11 is 0. The van der Waals surface area contributed by atoms with Gasteiger partial charge in [-0.3, -0.25) is 14.3 Å². The number of carbonyl (C=O) groups excluding carboxylic acids is 2. The molecule has 1 aliphatic heterocycles. The van der Waals surface area contributed by atoms with Crippen molar-refractivity contribution in [2.24, 2.45) is 5.92 Å². The molecule has 0 aromatic heterocycles. The van der Waals surface area contributed by atoms with Crippen LogP contribution in [0.4, 0.5) is 13.2 Å². The van der Waals surface area contributed by atoms with E-state index in [0.29, 0.717) is 12.8 Å². The smallest absolute Gasteiger partial charge is 0.342 e. The fourth-order valence-corrected chi connectivity index (χ4v) is 2.32. The zero-order valence-corrected chi connectivity index (χ0v) is 12.4. The summed E-state index contributed by atoms with van der Waals surface area (Å²) in [5.41, 5.74) is 0. The van der Waals surface area contributed by atoms with Crippen LogP contribution in [-0.4, -0.2) is 48.3 Å². The van der Waals surface area contributed by atoms with Gasteiger partial charge in [-0.05, 0) is 12.3 Å². The van der Waals surface area contributed by atoms with E-state index in [1.54, 1.807) is 13.8 Å². The van der Waals surface area contributed by atoms with Crippen LogP contribution in [0.2, 0.25) is 0 Å². The number of nitrogens with zero attached hydrogens (tertiary/aromatic N) is 1. The van der Waals surface area contributed by atoms with E-state index in [1.807, 2.05) is 6.92 Å². The van der Waals surface area contributed by atoms with Crippen LogP contribution in [0.25, 0.3) is 0 Å². The largest absolute Gasteiger partial charge is 0.522 e. The monoisotopic (exact) mass is 310 g/mol. The van der Waals surface area contributed by atoms with Crippen molar-refractivity contribution in [2.75, 3.05) is 13.2 Å². The highest BCUT2D eigenvalue weighted by Crippen LogP contribution is 2.20. The summed E-state index contributed by atoms with van der Waals surface area (Å²) in [5, 5.41) is 2.64. The summed E-state index contributed by atoms with van der Waals surface area (Å²) < 4.78 is 39.8. The lowest BCUT2D eigenvalue weighted by molar-refractivity contribution is -0.325. The topological polar surface area (TPSA) is 58.6 Å². The predicted molar refractivity (Wildman–Crippen MR) is 69.2 cm³/mol. The van der Waals surface area contributed by atoms with E-state index in [0.717, 1.165) is 0 Å². The summed E-state index contributed by atoms with van der Waals surface area (Å²) in [6.45, 7) is 4.46. The van der Waals surface area contributed by atoms with E-state index in [2.05, 4.69) is 10.1 Å². The molecule has 8 heteroatoms. The Morgan fingerprint density at radius 3 is 2.43 bits per heavy atom. The van der Waals surface area contributed by atoms with Gasteiger partial charge in [0.2, 0.25) is 11.8 Å². The highest BCUT2D eigenvalue weighted by atomic mass is 19.4. The van der Waals surface area contributed by atoms with Crippen LogP contribution in [0, 0.1) is 5.92 Å². The molecule has 0 bridgehead atoms. The van der Waals surface area contributed by atoms with Crippen LogP contribution in [-0.2, 0) is 14.3 Å². The lowest BCUT2D eigenvalue weighted by Gasteiger charge is -2.40. The molecule has 1 rings (SSSR count). The Balaban J connectivity index is 2.79. The van der Waals surface area contributed by atoms with Crippen LogP contribution < -0.4 is 5.32 Å². The molecular formula is C13H21F3N2O3. The quantitative estimate of drug-likeness (QED) is 0.812. The molecule has 21 heavy (non-hydrogen) atoms. The van der Waals surface area contributed by atoms with Gasteiger partial charge in [0.05, 0.1) is 6.61 Å². The van der Waals surface area contributed by atoms with E-state index < -0.39 is 25.1 Å². The summed E-state index contributed by atoms with van der Waals surface area (Å²) in [7, 11) is 0. The van der Waals surface area contributed by atoms with Gasteiger partial charge in [0, 0.05) is 6.54 Å². The lowest BCUT2D eigenvalue weighted by Crippen LogP contribution is -2.65. The minimum atomic E-state index is -4.74. The van der Waals surface area contributed by atoms with E-state index >= 15 is 0 Å². The predicted octanol–water partition coefficient (Wildman–Crippen LogP) is 1.67. The van der Waals surface area contributed by atoms with Crippen molar-refractivity contribution in [3.63, 3.8) is 0 Å². The third kappa shape index (κ3) is 4.87. The second-order valence-electron chi connectivity index (χ2n) is 5.36. The van der Waals surface area contributed by atoms with Crippen molar-refractivity contribution < 1.29 is 27.5 Å². The van der Waals surface area contributed by atoms with E-state index in [4.69, 9.17) is 0 Å². The molecule has 0 aliphatic carbocycles. The van der Waals surface area contributed by atoms with Crippen LogP contribution in [0.15, 0.2) is 0 Å². The third-order valence-corrected chi connectivity index (χ3v) is 3.35. The second kappa shape index (κ2) is 7.11. The van der Waals surface area contributed by atoms with Crippen molar-refractivity contribution in [1.29, 1.82) is 0 Å². The van der Waals surface area contributed by atoms with Gasteiger partial charge >= 0.3 is 6.36 Å². The summed E-state index contributed by atoms with van der Waals surface area (Å²) in [5.74, 6) is -0.800. The second-order valence-corrected chi connectivity index (χ2v) is 5.36. The highest BCUT2D eigenvalue weighted by Gasteiger charge is 2.41. The van der Waals surface area contributed by atoms with Crippen molar-refractivity contribution in [3.8, 4) is 0 Å². The molecule has 5 nitrogen and oxygen atoms in total. The molecule has 0 saturated carbocycles. The van der Waals surface area contributed by atoms with Crippen molar-refractivity contribution >= 4 is 11.8 Å². The van der Waals surface area contributed by atoms with Crippen molar-refractivity contribution in [3.05, 3.63) is 0 Å². The number of halogens is 3. The maximum Gasteiger partial charge on any atom is 0.522 e. The fraction of sp³-hybridized carbons (Fsp3) is 0.846. The zero-order chi connectivity index (χ0) is 16.2. The average Bonchev–Trinajstić information content (AvgIpc) is 2.35. The summed E-state index contributed by atoms with van der Waals surface area (Å²) in [6, 6.07) is -1.43. The number of ether oxygens (including phenoxy) is 1. The van der Waals surface area contributed by atoms with Gasteiger partial charge in [-0.25, -0.2) is 0 Å². The number of alkyl halides is 3. The van der Waals surface area contributed by atoms with Gasteiger partial charge in [0.25, 0.3) is 0 Å². The van der Waals surface area contributed by atoms with Crippen molar-refractivity contribution in [2.45, 2.75) is 52.1 Å². The van der Waals surface area contributed by atoms with Gasteiger partial charge in [0.1, 0.15) is 12.1 Å². The Labute approximate surface area is 121 Å². The Morgan fingerprint density at radius 2 is 1.95 bits per heavy atom. The lowest BCUT2D eigenvalue weighted by atomic mass is 9.96. The normalized spacial score (nSPS) is 23.7. The van der Waals surface area contributed by atoms with E-state index in [9.17, 15) is 22.8 Å². The molecule has 1 heterocycles. The molecule has 2 unspecified atom stereocenters. The molecule has 0 aromatic rings. The van der Waals surface area contributed by atoms with Crippen LogP contribution in [0.3, 0.4) is 0 Å². The Bertz CT molecular complexity index is 385. The zero-order valence-electron chi connectivity index (χ0n) is 12.4. The minimum absolute atomic E-state index is 0.130. The number of nitrogens with one attached hydrogen (secondary N) is 1. The third-order valence-electron chi connectivity index (χ3n) is 3.35. The number of carbonyl (C=O) groups is 2. The molecule has 2 amide bonds. The van der Waals surface area contributed by atoms with Crippen LogP contribution >= 0.6 is 0 Å². The first-order valence-corrected chi connectivity index (χ1v) is 6.99. The molecule has 0 spiro atoms. The fourth-order valence-electron chi connectivity index (χ4n) is 2.32. The maximum absolute atomic E-state index is 12.3. The number of amides is 2.